The van der Waals surface area contributed by atoms with Crippen LogP contribution in [0.4, 0.5) is 11.4 Å². The zero-order chi connectivity index (χ0) is 20.1. The summed E-state index contributed by atoms with van der Waals surface area (Å²) in [5.41, 5.74) is 1.50. The first-order valence-corrected chi connectivity index (χ1v) is 8.68. The van der Waals surface area contributed by atoms with Gasteiger partial charge in [0.15, 0.2) is 6.29 Å². The van der Waals surface area contributed by atoms with Gasteiger partial charge in [0.2, 0.25) is 0 Å². The van der Waals surface area contributed by atoms with Crippen LogP contribution in [0.25, 0.3) is 0 Å². The third-order valence-corrected chi connectivity index (χ3v) is 4.36. The molecule has 0 bridgehead atoms. The van der Waals surface area contributed by atoms with Crippen LogP contribution in [0.1, 0.15) is 10.4 Å². The van der Waals surface area contributed by atoms with Crippen LogP contribution < -0.4 is 5.32 Å². The fourth-order valence-electron chi connectivity index (χ4n) is 2.78. The monoisotopic (exact) mass is 387 g/mol. The molecule has 28 heavy (non-hydrogen) atoms. The number of hydrogen-bond acceptors (Lipinski definition) is 8. The van der Waals surface area contributed by atoms with Crippen molar-refractivity contribution < 1.29 is 30.0 Å². The van der Waals surface area contributed by atoms with E-state index in [4.69, 9.17) is 9.84 Å². The van der Waals surface area contributed by atoms with Gasteiger partial charge in [0.25, 0.3) is 5.91 Å². The third kappa shape index (κ3) is 4.58. The maximum Gasteiger partial charge on any atom is 0.251 e. The molecule has 0 saturated carbocycles. The lowest BCUT2D eigenvalue weighted by Gasteiger charge is -2.40. The number of rotatable bonds is 5. The van der Waals surface area contributed by atoms with Gasteiger partial charge in [0.1, 0.15) is 24.4 Å². The molecule has 1 fully saturated rings. The Hall–Kier alpha value is -2.69. The minimum atomic E-state index is -1.57. The predicted octanol–water partition coefficient (Wildman–Crippen LogP) is 0.632. The van der Waals surface area contributed by atoms with Crippen molar-refractivity contribution in [2.75, 3.05) is 6.61 Å². The highest BCUT2D eigenvalue weighted by Gasteiger charge is 2.44. The van der Waals surface area contributed by atoms with E-state index in [0.717, 1.165) is 0 Å². The number of carbonyl (C=O) groups excluding carboxylic acids is 1. The van der Waals surface area contributed by atoms with Crippen LogP contribution in [0.2, 0.25) is 0 Å². The molecule has 5 atom stereocenters. The van der Waals surface area contributed by atoms with E-state index in [1.54, 1.807) is 12.1 Å². The Morgan fingerprint density at radius 1 is 0.929 bits per heavy atom. The predicted molar refractivity (Wildman–Crippen MR) is 98.3 cm³/mol. The molecule has 1 aliphatic heterocycles. The standard InChI is InChI=1S/C19H21N3O6/c23-10-14-16(24)17(25)15(19(27)28-14)20-18(26)11-6-8-13(9-7-11)22-21-12-4-2-1-3-5-12/h1-9,14-17,19,23-25,27H,10H2,(H,20,26). The quantitative estimate of drug-likeness (QED) is 0.476. The van der Waals surface area contributed by atoms with Gasteiger partial charge in [-0.2, -0.15) is 10.2 Å². The molecule has 0 aliphatic carbocycles. The number of aliphatic hydroxyl groups excluding tert-OH is 4. The molecule has 148 valence electrons. The van der Waals surface area contributed by atoms with Crippen LogP contribution in [-0.2, 0) is 4.74 Å². The van der Waals surface area contributed by atoms with E-state index in [-0.39, 0.29) is 5.56 Å². The Bertz CT molecular complexity index is 814. The molecule has 0 spiro atoms. The molecule has 2 aromatic carbocycles. The van der Waals surface area contributed by atoms with E-state index >= 15 is 0 Å². The smallest absolute Gasteiger partial charge is 0.251 e. The van der Waals surface area contributed by atoms with Gasteiger partial charge < -0.3 is 30.5 Å². The lowest BCUT2D eigenvalue weighted by molar-refractivity contribution is -0.252. The van der Waals surface area contributed by atoms with Crippen LogP contribution >= 0.6 is 0 Å². The second kappa shape index (κ2) is 9.00. The fourth-order valence-corrected chi connectivity index (χ4v) is 2.78. The first-order chi connectivity index (χ1) is 13.5. The summed E-state index contributed by atoms with van der Waals surface area (Å²) in [6.45, 7) is -0.574. The van der Waals surface area contributed by atoms with Gasteiger partial charge in [-0.05, 0) is 36.4 Å². The van der Waals surface area contributed by atoms with Crippen molar-refractivity contribution in [1.29, 1.82) is 0 Å². The molecule has 5 N–H and O–H groups in total. The molecule has 3 rings (SSSR count). The van der Waals surface area contributed by atoms with Crippen LogP contribution in [-0.4, -0.2) is 63.6 Å². The molecule has 5 unspecified atom stereocenters. The number of ether oxygens (including phenoxy) is 1. The number of hydrogen-bond donors (Lipinski definition) is 5. The lowest BCUT2D eigenvalue weighted by atomic mass is 9.97. The molecule has 2 aromatic rings. The lowest BCUT2D eigenvalue weighted by Crippen LogP contribution is -2.64. The van der Waals surface area contributed by atoms with Crippen LogP contribution in [0.5, 0.6) is 0 Å². The molecule has 1 saturated heterocycles. The number of azo groups is 1. The fraction of sp³-hybridized carbons (Fsp3) is 0.316. The Labute approximate surface area is 160 Å². The average Bonchev–Trinajstić information content (AvgIpc) is 2.73. The summed E-state index contributed by atoms with van der Waals surface area (Å²) in [7, 11) is 0. The van der Waals surface area contributed by atoms with Gasteiger partial charge in [-0.3, -0.25) is 4.79 Å². The first-order valence-electron chi connectivity index (χ1n) is 8.68. The largest absolute Gasteiger partial charge is 0.394 e. The minimum Gasteiger partial charge on any atom is -0.394 e. The highest BCUT2D eigenvalue weighted by molar-refractivity contribution is 5.94. The van der Waals surface area contributed by atoms with Gasteiger partial charge >= 0.3 is 0 Å². The van der Waals surface area contributed by atoms with Gasteiger partial charge in [0, 0.05) is 5.56 Å². The molecule has 0 radical (unpaired) electrons. The maximum atomic E-state index is 12.4. The molecule has 9 heteroatoms. The average molecular weight is 387 g/mol. The second-order valence-electron chi connectivity index (χ2n) is 6.31. The maximum absolute atomic E-state index is 12.4. The number of nitrogens with one attached hydrogen (secondary N) is 1. The number of amides is 1. The van der Waals surface area contributed by atoms with E-state index in [1.165, 1.54) is 12.1 Å². The number of nitrogens with zero attached hydrogens (tertiary/aromatic N) is 2. The summed E-state index contributed by atoms with van der Waals surface area (Å²) in [5.74, 6) is -0.576. The highest BCUT2D eigenvalue weighted by atomic mass is 16.6. The normalized spacial score (nSPS) is 27.6. The summed E-state index contributed by atoms with van der Waals surface area (Å²) < 4.78 is 5.01. The Morgan fingerprint density at radius 2 is 1.54 bits per heavy atom. The Balaban J connectivity index is 1.64. The number of aliphatic hydroxyl groups is 4. The number of benzene rings is 2. The van der Waals surface area contributed by atoms with Gasteiger partial charge in [-0.15, -0.1) is 0 Å². The van der Waals surface area contributed by atoms with E-state index in [9.17, 15) is 20.1 Å². The van der Waals surface area contributed by atoms with Crippen molar-refractivity contribution in [3.05, 3.63) is 60.2 Å². The highest BCUT2D eigenvalue weighted by Crippen LogP contribution is 2.21. The van der Waals surface area contributed by atoms with Crippen molar-refractivity contribution >= 4 is 17.3 Å². The van der Waals surface area contributed by atoms with Crippen molar-refractivity contribution in [2.45, 2.75) is 30.6 Å². The molecular formula is C19H21N3O6. The summed E-state index contributed by atoms with van der Waals surface area (Å²) in [6.07, 6.45) is -5.64. The van der Waals surface area contributed by atoms with E-state index < -0.39 is 43.2 Å². The topological polar surface area (TPSA) is 144 Å². The van der Waals surface area contributed by atoms with Crippen LogP contribution in [0, 0.1) is 0 Å². The zero-order valence-electron chi connectivity index (χ0n) is 14.8. The molecule has 1 amide bonds. The van der Waals surface area contributed by atoms with E-state index in [1.807, 2.05) is 30.3 Å². The van der Waals surface area contributed by atoms with E-state index in [0.29, 0.717) is 11.4 Å². The van der Waals surface area contributed by atoms with Crippen LogP contribution in [0.3, 0.4) is 0 Å². The Morgan fingerprint density at radius 3 is 2.14 bits per heavy atom. The first kappa shape index (κ1) is 20.1. The summed E-state index contributed by atoms with van der Waals surface area (Å²) in [6, 6.07) is 14.2. The molecule has 9 nitrogen and oxygen atoms in total. The van der Waals surface area contributed by atoms with Gasteiger partial charge in [-0.25, -0.2) is 0 Å². The Kier molecular flexibility index (Phi) is 6.45. The second-order valence-corrected chi connectivity index (χ2v) is 6.31. The molecule has 1 aliphatic rings. The van der Waals surface area contributed by atoms with Gasteiger partial charge in [0.05, 0.1) is 18.0 Å². The SMILES string of the molecule is O=C(NC1C(O)OC(CO)C(O)C1O)c1ccc(N=Nc2ccccc2)cc1. The number of carbonyl (C=O) groups is 1. The van der Waals surface area contributed by atoms with Crippen molar-refractivity contribution in [1.82, 2.24) is 5.32 Å². The molecule has 1 heterocycles. The molecular weight excluding hydrogens is 366 g/mol. The van der Waals surface area contributed by atoms with Crippen molar-refractivity contribution in [2.24, 2.45) is 10.2 Å². The van der Waals surface area contributed by atoms with Crippen molar-refractivity contribution in [3.63, 3.8) is 0 Å². The molecule has 0 aromatic heterocycles. The summed E-state index contributed by atoms with van der Waals surface area (Å²) in [4.78, 5) is 12.4. The van der Waals surface area contributed by atoms with E-state index in [2.05, 4.69) is 15.5 Å². The van der Waals surface area contributed by atoms with Gasteiger partial charge in [-0.1, -0.05) is 18.2 Å². The minimum absolute atomic E-state index is 0.261. The van der Waals surface area contributed by atoms with Crippen molar-refractivity contribution in [3.8, 4) is 0 Å². The third-order valence-electron chi connectivity index (χ3n) is 4.36. The summed E-state index contributed by atoms with van der Waals surface area (Å²) >= 11 is 0. The summed E-state index contributed by atoms with van der Waals surface area (Å²) in [5, 5.41) is 49.6. The van der Waals surface area contributed by atoms with Crippen LogP contribution in [0.15, 0.2) is 64.8 Å². The zero-order valence-corrected chi connectivity index (χ0v) is 14.8.